The quantitative estimate of drug-likeness (QED) is 0.760. The predicted molar refractivity (Wildman–Crippen MR) is 61.4 cm³/mol. The van der Waals surface area contributed by atoms with Crippen LogP contribution in [0.3, 0.4) is 0 Å². The summed E-state index contributed by atoms with van der Waals surface area (Å²) in [6.07, 6.45) is 3.65. The summed E-state index contributed by atoms with van der Waals surface area (Å²) in [7, 11) is 0. The molecule has 0 aromatic rings. The van der Waals surface area contributed by atoms with Crippen molar-refractivity contribution in [3.8, 4) is 0 Å². The zero-order valence-corrected chi connectivity index (χ0v) is 10.4. The molecular formula is C13H17NO4. The second-order valence-electron chi connectivity index (χ2n) is 5.95. The normalized spacial score (nSPS) is 34.6. The molecule has 5 nitrogen and oxygen atoms in total. The molecule has 0 radical (unpaired) electrons. The number of fused-ring (bicyclic) bond motifs is 2. The number of rotatable bonds is 3. The van der Waals surface area contributed by atoms with Crippen molar-refractivity contribution in [1.29, 1.82) is 0 Å². The fourth-order valence-electron chi connectivity index (χ4n) is 3.46. The minimum atomic E-state index is -1.32. The first-order valence-corrected chi connectivity index (χ1v) is 6.57. The monoisotopic (exact) mass is 251 g/mol. The summed E-state index contributed by atoms with van der Waals surface area (Å²) >= 11 is 0. The second kappa shape index (κ2) is 3.56. The van der Waals surface area contributed by atoms with E-state index in [9.17, 15) is 19.5 Å². The van der Waals surface area contributed by atoms with Crippen LogP contribution in [0, 0.1) is 17.8 Å². The molecule has 1 saturated heterocycles. The van der Waals surface area contributed by atoms with Crippen molar-refractivity contribution in [2.75, 3.05) is 0 Å². The lowest BCUT2D eigenvalue weighted by molar-refractivity contribution is -0.172. The van der Waals surface area contributed by atoms with Gasteiger partial charge in [-0.2, -0.15) is 0 Å². The topological polar surface area (TPSA) is 74.7 Å². The number of imide groups is 1. The Balaban J connectivity index is 2.01. The molecular weight excluding hydrogens is 234 g/mol. The number of carbonyl (C=O) groups excluding carboxylic acids is 2. The van der Waals surface area contributed by atoms with Gasteiger partial charge in [0.1, 0.15) is 5.54 Å². The van der Waals surface area contributed by atoms with Crippen LogP contribution < -0.4 is 0 Å². The first-order valence-electron chi connectivity index (χ1n) is 6.57. The van der Waals surface area contributed by atoms with Gasteiger partial charge >= 0.3 is 5.97 Å². The third-order valence-corrected chi connectivity index (χ3v) is 4.84. The van der Waals surface area contributed by atoms with E-state index in [0.717, 1.165) is 30.6 Å². The Morgan fingerprint density at radius 2 is 1.67 bits per heavy atom. The van der Waals surface area contributed by atoms with Crippen molar-refractivity contribution < 1.29 is 19.5 Å². The molecule has 1 N–H and O–H groups in total. The van der Waals surface area contributed by atoms with E-state index >= 15 is 0 Å². The highest BCUT2D eigenvalue weighted by Crippen LogP contribution is 2.48. The Labute approximate surface area is 105 Å². The highest BCUT2D eigenvalue weighted by Gasteiger charge is 2.60. The molecule has 3 fully saturated rings. The number of piperidine rings is 1. The molecule has 3 unspecified atom stereocenters. The molecule has 5 heteroatoms. The number of carboxylic acid groups (broad SMARTS) is 1. The van der Waals surface area contributed by atoms with Crippen LogP contribution in [-0.2, 0) is 14.4 Å². The van der Waals surface area contributed by atoms with Gasteiger partial charge in [0.25, 0.3) is 0 Å². The maximum absolute atomic E-state index is 12.3. The number of aliphatic carboxylic acids is 1. The minimum Gasteiger partial charge on any atom is -0.479 e. The van der Waals surface area contributed by atoms with E-state index in [1.807, 2.05) is 0 Å². The third-order valence-electron chi connectivity index (χ3n) is 4.84. The zero-order valence-electron chi connectivity index (χ0n) is 10.4. The molecule has 0 spiro atoms. The number of nitrogens with zero attached hydrogens (tertiary/aromatic N) is 1. The van der Waals surface area contributed by atoms with E-state index in [2.05, 4.69) is 0 Å². The van der Waals surface area contributed by atoms with Gasteiger partial charge in [0, 0.05) is 11.8 Å². The summed E-state index contributed by atoms with van der Waals surface area (Å²) in [6.45, 7) is 1.54. The molecule has 3 atom stereocenters. The molecule has 0 aromatic carbocycles. The van der Waals surface area contributed by atoms with E-state index in [4.69, 9.17) is 0 Å². The lowest BCUT2D eigenvalue weighted by atomic mass is 9.87. The van der Waals surface area contributed by atoms with E-state index in [1.54, 1.807) is 0 Å². The van der Waals surface area contributed by atoms with Crippen LogP contribution in [0.5, 0.6) is 0 Å². The van der Waals surface area contributed by atoms with Gasteiger partial charge in [-0.25, -0.2) is 4.79 Å². The maximum atomic E-state index is 12.3. The van der Waals surface area contributed by atoms with Crippen molar-refractivity contribution in [3.05, 3.63) is 0 Å². The van der Waals surface area contributed by atoms with Gasteiger partial charge in [-0.05, 0) is 44.9 Å². The van der Waals surface area contributed by atoms with E-state index < -0.39 is 11.5 Å². The Morgan fingerprint density at radius 1 is 1.17 bits per heavy atom. The van der Waals surface area contributed by atoms with Gasteiger partial charge in [0.15, 0.2) is 0 Å². The Hall–Kier alpha value is -1.39. The average Bonchev–Trinajstić information content (AvgIpc) is 3.06. The van der Waals surface area contributed by atoms with E-state index in [-0.39, 0.29) is 29.6 Å². The van der Waals surface area contributed by atoms with Crippen molar-refractivity contribution in [2.24, 2.45) is 17.8 Å². The van der Waals surface area contributed by atoms with Crippen LogP contribution in [0.2, 0.25) is 0 Å². The van der Waals surface area contributed by atoms with Crippen LogP contribution >= 0.6 is 0 Å². The van der Waals surface area contributed by atoms with E-state index in [0.29, 0.717) is 6.42 Å². The van der Waals surface area contributed by atoms with Gasteiger partial charge in [-0.15, -0.1) is 0 Å². The number of hydrogen-bond donors (Lipinski definition) is 1. The Bertz CT molecular complexity index is 420. The second-order valence-corrected chi connectivity index (χ2v) is 5.95. The Kier molecular flexibility index (Phi) is 2.31. The molecule has 1 heterocycles. The van der Waals surface area contributed by atoms with Crippen LogP contribution in [0.15, 0.2) is 0 Å². The van der Waals surface area contributed by atoms with Crippen molar-refractivity contribution in [3.63, 3.8) is 0 Å². The largest absolute Gasteiger partial charge is 0.479 e. The standard InChI is InChI=1S/C13H17NO4/c1-13(12(17)18,9-4-5-9)14-10(15)7-2-3-8(6-7)11(14)16/h7-9H,2-6H2,1H3,(H,17,18). The van der Waals surface area contributed by atoms with Crippen molar-refractivity contribution in [1.82, 2.24) is 4.90 Å². The molecule has 2 amide bonds. The summed E-state index contributed by atoms with van der Waals surface area (Å²) in [5.41, 5.74) is -1.32. The molecule has 2 bridgehead atoms. The molecule has 0 aromatic heterocycles. The van der Waals surface area contributed by atoms with Gasteiger partial charge < -0.3 is 5.11 Å². The van der Waals surface area contributed by atoms with Gasteiger partial charge in [0.05, 0.1) is 0 Å². The Morgan fingerprint density at radius 3 is 2.06 bits per heavy atom. The number of amides is 2. The fourth-order valence-corrected chi connectivity index (χ4v) is 3.46. The molecule has 3 rings (SSSR count). The summed E-state index contributed by atoms with van der Waals surface area (Å²) in [4.78, 5) is 37.3. The third kappa shape index (κ3) is 1.36. The predicted octanol–water partition coefficient (Wildman–Crippen LogP) is 1.02. The summed E-state index contributed by atoms with van der Waals surface area (Å²) in [5.74, 6) is -1.90. The van der Waals surface area contributed by atoms with Crippen LogP contribution in [0.25, 0.3) is 0 Å². The number of hydrogen-bond acceptors (Lipinski definition) is 3. The molecule has 2 aliphatic carbocycles. The van der Waals surface area contributed by atoms with Gasteiger partial charge in [-0.3, -0.25) is 14.5 Å². The number of carboxylic acids is 1. The molecule has 3 aliphatic rings. The zero-order chi connectivity index (χ0) is 13.1. The van der Waals surface area contributed by atoms with Gasteiger partial charge in [0.2, 0.25) is 11.8 Å². The van der Waals surface area contributed by atoms with Crippen LogP contribution in [-0.4, -0.2) is 33.3 Å². The molecule has 2 saturated carbocycles. The number of likely N-dealkylation sites (tertiary alicyclic amines) is 1. The first-order chi connectivity index (χ1) is 8.46. The summed E-state index contributed by atoms with van der Waals surface area (Å²) in [6, 6.07) is 0. The van der Waals surface area contributed by atoms with E-state index in [1.165, 1.54) is 6.92 Å². The highest BCUT2D eigenvalue weighted by atomic mass is 16.4. The minimum absolute atomic E-state index is 0.0691. The maximum Gasteiger partial charge on any atom is 0.330 e. The molecule has 1 aliphatic heterocycles. The molecule has 98 valence electrons. The van der Waals surface area contributed by atoms with Crippen LogP contribution in [0.4, 0.5) is 0 Å². The average molecular weight is 251 g/mol. The van der Waals surface area contributed by atoms with Crippen molar-refractivity contribution in [2.45, 2.75) is 44.6 Å². The summed E-state index contributed by atoms with van der Waals surface area (Å²) in [5, 5.41) is 9.48. The van der Waals surface area contributed by atoms with Crippen molar-refractivity contribution >= 4 is 17.8 Å². The fraction of sp³-hybridized carbons (Fsp3) is 0.769. The summed E-state index contributed by atoms with van der Waals surface area (Å²) < 4.78 is 0. The first kappa shape index (κ1) is 11.7. The highest BCUT2D eigenvalue weighted by molar-refractivity contribution is 6.05. The van der Waals surface area contributed by atoms with Gasteiger partial charge in [-0.1, -0.05) is 0 Å². The lowest BCUT2D eigenvalue weighted by Gasteiger charge is -2.41. The number of carbonyl (C=O) groups is 3. The van der Waals surface area contributed by atoms with Crippen LogP contribution in [0.1, 0.15) is 39.0 Å². The SMILES string of the molecule is CC(C(=O)O)(C1CC1)N1C(=O)C2CCC(C2)C1=O. The smallest absolute Gasteiger partial charge is 0.330 e. The molecule has 18 heavy (non-hydrogen) atoms. The lowest BCUT2D eigenvalue weighted by Crippen LogP contribution is -2.62.